The minimum absolute atomic E-state index is 0.101. The van der Waals surface area contributed by atoms with E-state index in [1.54, 1.807) is 6.07 Å². The maximum absolute atomic E-state index is 12.0. The van der Waals surface area contributed by atoms with E-state index in [1.165, 1.54) is 0 Å². The van der Waals surface area contributed by atoms with E-state index >= 15 is 0 Å². The van der Waals surface area contributed by atoms with E-state index < -0.39 is 11.5 Å². The third-order valence-electron chi connectivity index (χ3n) is 3.63. The summed E-state index contributed by atoms with van der Waals surface area (Å²) in [6.45, 7) is 3.54. The SMILES string of the molecule is NC(=O)Cc1cc2cccc(N3CCNCC3)c2oc1=O. The van der Waals surface area contributed by atoms with Crippen molar-refractivity contribution in [1.29, 1.82) is 0 Å². The van der Waals surface area contributed by atoms with Gasteiger partial charge < -0.3 is 20.4 Å². The molecule has 0 aliphatic carbocycles. The highest BCUT2D eigenvalue weighted by Gasteiger charge is 2.16. The number of hydrogen-bond acceptors (Lipinski definition) is 5. The van der Waals surface area contributed by atoms with Crippen molar-refractivity contribution in [3.8, 4) is 0 Å². The molecule has 6 nitrogen and oxygen atoms in total. The van der Waals surface area contributed by atoms with Gasteiger partial charge in [-0.2, -0.15) is 0 Å². The first-order valence-corrected chi connectivity index (χ1v) is 6.95. The summed E-state index contributed by atoms with van der Waals surface area (Å²) >= 11 is 0. The van der Waals surface area contributed by atoms with Gasteiger partial charge in [0.25, 0.3) is 0 Å². The van der Waals surface area contributed by atoms with Crippen LogP contribution in [0.15, 0.2) is 33.5 Å². The first kappa shape index (κ1) is 13.6. The molecular formula is C15H17N3O3. The molecule has 6 heteroatoms. The number of carbonyl (C=O) groups excluding carboxylic acids is 1. The summed E-state index contributed by atoms with van der Waals surface area (Å²) in [6, 6.07) is 7.43. The molecule has 3 rings (SSSR count). The average molecular weight is 287 g/mol. The third kappa shape index (κ3) is 2.75. The number of fused-ring (bicyclic) bond motifs is 1. The Hall–Kier alpha value is -2.34. The molecule has 2 heterocycles. The van der Waals surface area contributed by atoms with Crippen molar-refractivity contribution in [3.05, 3.63) is 40.2 Å². The lowest BCUT2D eigenvalue weighted by atomic mass is 10.1. The van der Waals surface area contributed by atoms with Crippen LogP contribution >= 0.6 is 0 Å². The summed E-state index contributed by atoms with van der Waals surface area (Å²) in [4.78, 5) is 25.2. The molecule has 0 unspecified atom stereocenters. The van der Waals surface area contributed by atoms with Crippen LogP contribution in [0.3, 0.4) is 0 Å². The lowest BCUT2D eigenvalue weighted by Crippen LogP contribution is -2.43. The van der Waals surface area contributed by atoms with Gasteiger partial charge in [0.05, 0.1) is 12.1 Å². The second-order valence-electron chi connectivity index (χ2n) is 5.13. The minimum Gasteiger partial charge on any atom is -0.420 e. The number of anilines is 1. The van der Waals surface area contributed by atoms with Crippen molar-refractivity contribution in [3.63, 3.8) is 0 Å². The average Bonchev–Trinajstić information content (AvgIpc) is 2.48. The Bertz CT molecular complexity index is 733. The van der Waals surface area contributed by atoms with Gasteiger partial charge >= 0.3 is 5.63 Å². The van der Waals surface area contributed by atoms with Crippen molar-refractivity contribution < 1.29 is 9.21 Å². The Kier molecular flexibility index (Phi) is 3.62. The molecule has 1 fully saturated rings. The third-order valence-corrected chi connectivity index (χ3v) is 3.63. The van der Waals surface area contributed by atoms with E-state index in [4.69, 9.17) is 10.2 Å². The molecule has 0 spiro atoms. The highest BCUT2D eigenvalue weighted by Crippen LogP contribution is 2.26. The van der Waals surface area contributed by atoms with Crippen LogP contribution in [0.2, 0.25) is 0 Å². The first-order chi connectivity index (χ1) is 10.1. The van der Waals surface area contributed by atoms with E-state index in [-0.39, 0.29) is 6.42 Å². The van der Waals surface area contributed by atoms with Crippen LogP contribution < -0.4 is 21.6 Å². The highest BCUT2D eigenvalue weighted by atomic mass is 16.4. The zero-order valence-electron chi connectivity index (χ0n) is 11.6. The molecule has 0 saturated carbocycles. The molecule has 1 saturated heterocycles. The van der Waals surface area contributed by atoms with E-state index in [2.05, 4.69) is 10.2 Å². The highest BCUT2D eigenvalue weighted by molar-refractivity contribution is 5.90. The Morgan fingerprint density at radius 1 is 1.33 bits per heavy atom. The Morgan fingerprint density at radius 2 is 2.10 bits per heavy atom. The molecule has 1 aliphatic rings. The molecule has 1 aromatic heterocycles. The molecule has 1 aliphatic heterocycles. The zero-order valence-corrected chi connectivity index (χ0v) is 11.6. The molecule has 0 radical (unpaired) electrons. The van der Waals surface area contributed by atoms with Gasteiger partial charge in [-0.15, -0.1) is 0 Å². The van der Waals surface area contributed by atoms with Gasteiger partial charge in [0.1, 0.15) is 0 Å². The molecule has 110 valence electrons. The largest absolute Gasteiger partial charge is 0.420 e. The second-order valence-corrected chi connectivity index (χ2v) is 5.13. The van der Waals surface area contributed by atoms with Crippen molar-refractivity contribution >= 4 is 22.6 Å². The molecular weight excluding hydrogens is 270 g/mol. The molecule has 21 heavy (non-hydrogen) atoms. The van der Waals surface area contributed by atoms with Crippen LogP contribution in [0.1, 0.15) is 5.56 Å². The molecule has 2 aromatic rings. The van der Waals surface area contributed by atoms with Crippen molar-refractivity contribution in [2.45, 2.75) is 6.42 Å². The summed E-state index contributed by atoms with van der Waals surface area (Å²) < 4.78 is 5.45. The number of nitrogens with one attached hydrogen (secondary N) is 1. The smallest absolute Gasteiger partial charge is 0.340 e. The van der Waals surface area contributed by atoms with Crippen LogP contribution in [0, 0.1) is 0 Å². The quantitative estimate of drug-likeness (QED) is 0.789. The standard InChI is InChI=1S/C15H17N3O3/c16-13(19)9-11-8-10-2-1-3-12(14(10)21-15(11)20)18-6-4-17-5-7-18/h1-3,8,17H,4-7,9H2,(H2,16,19). The number of carbonyl (C=O) groups is 1. The number of nitrogens with zero attached hydrogens (tertiary/aromatic N) is 1. The van der Waals surface area contributed by atoms with Gasteiger partial charge in [-0.1, -0.05) is 12.1 Å². The van der Waals surface area contributed by atoms with E-state index in [0.717, 1.165) is 37.3 Å². The lowest BCUT2D eigenvalue weighted by Gasteiger charge is -2.29. The summed E-state index contributed by atoms with van der Waals surface area (Å²) in [5, 5.41) is 4.10. The normalized spacial score (nSPS) is 15.3. The summed E-state index contributed by atoms with van der Waals surface area (Å²) in [6.07, 6.45) is -0.101. The van der Waals surface area contributed by atoms with Crippen LogP contribution in [0.4, 0.5) is 5.69 Å². The molecule has 3 N–H and O–H groups in total. The Balaban J connectivity index is 2.08. The lowest BCUT2D eigenvalue weighted by molar-refractivity contribution is -0.117. The number of nitrogens with two attached hydrogens (primary N) is 1. The molecule has 1 aromatic carbocycles. The predicted molar refractivity (Wildman–Crippen MR) is 80.5 cm³/mol. The van der Waals surface area contributed by atoms with Gasteiger partial charge in [-0.3, -0.25) is 4.79 Å². The van der Waals surface area contributed by atoms with E-state index in [9.17, 15) is 9.59 Å². The van der Waals surface area contributed by atoms with Gasteiger partial charge in [0.15, 0.2) is 5.58 Å². The fourth-order valence-electron chi connectivity index (χ4n) is 2.64. The summed E-state index contributed by atoms with van der Waals surface area (Å²) in [7, 11) is 0. The topological polar surface area (TPSA) is 88.6 Å². The number of para-hydroxylation sites is 1. The first-order valence-electron chi connectivity index (χ1n) is 6.95. The van der Waals surface area contributed by atoms with Crippen LogP contribution in [-0.4, -0.2) is 32.1 Å². The summed E-state index contributed by atoms with van der Waals surface area (Å²) in [5.74, 6) is -0.542. The van der Waals surface area contributed by atoms with Gasteiger partial charge in [0.2, 0.25) is 5.91 Å². The minimum atomic E-state index is -0.542. The number of hydrogen-bond donors (Lipinski definition) is 2. The van der Waals surface area contributed by atoms with Crippen LogP contribution in [0.25, 0.3) is 11.0 Å². The Morgan fingerprint density at radius 3 is 2.81 bits per heavy atom. The monoisotopic (exact) mass is 287 g/mol. The van der Waals surface area contributed by atoms with Crippen LogP contribution in [-0.2, 0) is 11.2 Å². The predicted octanol–water partition coefficient (Wildman–Crippen LogP) is 0.230. The number of piperazine rings is 1. The Labute approximate surface area is 121 Å². The maximum Gasteiger partial charge on any atom is 0.340 e. The van der Waals surface area contributed by atoms with E-state index in [0.29, 0.717) is 11.1 Å². The van der Waals surface area contributed by atoms with Gasteiger partial charge in [0, 0.05) is 37.1 Å². The van der Waals surface area contributed by atoms with Crippen molar-refractivity contribution in [1.82, 2.24) is 5.32 Å². The molecule has 0 bridgehead atoms. The van der Waals surface area contributed by atoms with Gasteiger partial charge in [-0.25, -0.2) is 4.79 Å². The van der Waals surface area contributed by atoms with Crippen LogP contribution in [0.5, 0.6) is 0 Å². The number of benzene rings is 1. The fourth-order valence-corrected chi connectivity index (χ4v) is 2.64. The second kappa shape index (κ2) is 5.57. The maximum atomic E-state index is 12.0. The van der Waals surface area contributed by atoms with Gasteiger partial charge in [-0.05, 0) is 12.1 Å². The molecule has 0 atom stereocenters. The number of amides is 1. The fraction of sp³-hybridized carbons (Fsp3) is 0.333. The zero-order chi connectivity index (χ0) is 14.8. The number of primary amides is 1. The summed E-state index contributed by atoms with van der Waals surface area (Å²) in [5.41, 5.74) is 6.43. The number of rotatable bonds is 3. The van der Waals surface area contributed by atoms with Crippen molar-refractivity contribution in [2.24, 2.45) is 5.73 Å². The van der Waals surface area contributed by atoms with Crippen molar-refractivity contribution in [2.75, 3.05) is 31.1 Å². The molecule has 1 amide bonds. The van der Waals surface area contributed by atoms with E-state index in [1.807, 2.05) is 18.2 Å².